The van der Waals surface area contributed by atoms with Crippen LogP contribution in [-0.2, 0) is 30.3 Å². The Labute approximate surface area is 206 Å². The number of hydrogen-bond acceptors (Lipinski definition) is 9. The van der Waals surface area contributed by atoms with Crippen LogP contribution in [0.1, 0.15) is 13.3 Å². The minimum atomic E-state index is -4.97. The van der Waals surface area contributed by atoms with Gasteiger partial charge in [0.2, 0.25) is 0 Å². The number of carbonyl (C=O) groups is 1. The van der Waals surface area contributed by atoms with E-state index in [-0.39, 0.29) is 13.0 Å². The molecule has 0 radical (unpaired) electrons. The first-order chi connectivity index (χ1) is 16.7. The number of nitrogens with zero attached hydrogens (tertiary/aromatic N) is 4. The Hall–Kier alpha value is -3.16. The summed E-state index contributed by atoms with van der Waals surface area (Å²) in [6.45, 7) is -0.0761. The van der Waals surface area contributed by atoms with Crippen molar-refractivity contribution in [2.75, 3.05) is 20.0 Å². The molecule has 0 bridgehead atoms. The minimum Gasteiger partial charge on any atom is -0.479 e. The molecule has 0 aliphatic carbocycles. The molecule has 3 rings (SSSR count). The molecule has 0 unspecified atom stereocenters. The highest BCUT2D eigenvalue weighted by molar-refractivity contribution is 7.92. The molecule has 0 saturated heterocycles. The van der Waals surface area contributed by atoms with E-state index in [1.165, 1.54) is 34.9 Å². The zero-order valence-corrected chi connectivity index (χ0v) is 21.3. The molecule has 0 saturated carbocycles. The first-order valence-electron chi connectivity index (χ1n) is 10.4. The van der Waals surface area contributed by atoms with Crippen LogP contribution in [0.2, 0.25) is 0 Å². The number of methoxy groups -OCH3 is 1. The molecule has 36 heavy (non-hydrogen) atoms. The lowest BCUT2D eigenvalue weighted by molar-refractivity contribution is -0.123. The van der Waals surface area contributed by atoms with Gasteiger partial charge >= 0.3 is 7.82 Å². The fourth-order valence-electron chi connectivity index (χ4n) is 3.29. The number of phosphoric acid groups is 1. The van der Waals surface area contributed by atoms with Crippen LogP contribution in [0.4, 0.5) is 0 Å². The molecule has 0 aliphatic rings. The number of aromatic nitrogens is 4. The first kappa shape index (κ1) is 27.4. The average molecular weight is 540 g/mol. The predicted octanol–water partition coefficient (Wildman–Crippen LogP) is 0.976. The van der Waals surface area contributed by atoms with Gasteiger partial charge in [-0.2, -0.15) is 5.10 Å². The summed E-state index contributed by atoms with van der Waals surface area (Å²) in [5, 5.41) is 8.23. The first-order valence-corrected chi connectivity index (χ1v) is 13.9. The van der Waals surface area contributed by atoms with E-state index in [1.807, 2.05) is 0 Å². The summed E-state index contributed by atoms with van der Waals surface area (Å²) in [6, 6.07) is 10.1. The molecule has 2 aromatic heterocycles. The van der Waals surface area contributed by atoms with Crippen LogP contribution in [0.15, 0.2) is 53.6 Å². The number of sulfone groups is 1. The van der Waals surface area contributed by atoms with Crippen LogP contribution >= 0.6 is 7.82 Å². The summed E-state index contributed by atoms with van der Waals surface area (Å²) in [5.74, 6) is -0.659. The number of ether oxygens (including phenoxy) is 1. The Morgan fingerprint density at radius 2 is 1.83 bits per heavy atom. The third kappa shape index (κ3) is 6.33. The quantitative estimate of drug-likeness (QED) is 0.331. The van der Waals surface area contributed by atoms with Crippen LogP contribution in [0, 0.1) is 0 Å². The monoisotopic (exact) mass is 540 g/mol. The Morgan fingerprint density at radius 3 is 2.36 bits per heavy atom. The largest absolute Gasteiger partial charge is 0.479 e. The highest BCUT2D eigenvalue weighted by Crippen LogP contribution is 2.36. The Balaban J connectivity index is 1.76. The normalized spacial score (nSPS) is 13.8. The molecule has 3 aromatic rings. The van der Waals surface area contributed by atoms with Gasteiger partial charge in [0.25, 0.3) is 11.4 Å². The number of benzene rings is 1. The van der Waals surface area contributed by atoms with Gasteiger partial charge in [-0.05, 0) is 42.7 Å². The average Bonchev–Trinajstić information content (AvgIpc) is 3.30. The van der Waals surface area contributed by atoms with E-state index in [9.17, 15) is 22.6 Å². The van der Waals surface area contributed by atoms with E-state index in [2.05, 4.69) is 14.7 Å². The number of ketones is 1. The molecule has 2 N–H and O–H groups in total. The van der Waals surface area contributed by atoms with E-state index in [1.54, 1.807) is 30.3 Å². The van der Waals surface area contributed by atoms with Crippen LogP contribution < -0.4 is 10.3 Å². The van der Waals surface area contributed by atoms with E-state index in [0.717, 1.165) is 18.7 Å². The van der Waals surface area contributed by atoms with Crippen molar-refractivity contribution in [3.63, 3.8) is 0 Å². The van der Waals surface area contributed by atoms with Gasteiger partial charge in [0.1, 0.15) is 17.6 Å². The van der Waals surface area contributed by atoms with Gasteiger partial charge in [-0.25, -0.2) is 13.0 Å². The lowest BCUT2D eigenvalue weighted by Crippen LogP contribution is -2.46. The van der Waals surface area contributed by atoms with Crippen LogP contribution in [0.25, 0.3) is 16.8 Å². The van der Waals surface area contributed by atoms with Gasteiger partial charge in [-0.1, -0.05) is 12.1 Å². The summed E-state index contributed by atoms with van der Waals surface area (Å²) in [6.07, 6.45) is 3.49. The summed E-state index contributed by atoms with van der Waals surface area (Å²) < 4.78 is 44.0. The van der Waals surface area contributed by atoms with Gasteiger partial charge in [-0.15, -0.1) is 9.90 Å². The second kappa shape index (κ2) is 10.4. The molecule has 0 spiro atoms. The van der Waals surface area contributed by atoms with E-state index in [4.69, 9.17) is 14.5 Å². The number of pyridine rings is 1. The number of aryl methyl sites for hydroxylation is 1. The van der Waals surface area contributed by atoms with Crippen LogP contribution in [0.5, 0.6) is 5.88 Å². The van der Waals surface area contributed by atoms with Crippen LogP contribution in [0.3, 0.4) is 0 Å². The van der Waals surface area contributed by atoms with Crippen molar-refractivity contribution in [2.45, 2.75) is 24.6 Å². The van der Waals surface area contributed by atoms with Crippen LogP contribution in [-0.4, -0.2) is 68.3 Å². The number of carbonyl (C=O) groups excluding carboxylic acids is 1. The predicted molar refractivity (Wildman–Crippen MR) is 128 cm³/mol. The standard InChI is InChI=1S/C21H25N4O9PS/c1-21(36(3,31)32,18(26)14-34-35(28,29)30)9-11-24-10-8-16(12-20(24)27)15-4-6-17(7-5-15)25-22-13-19(23-25)33-2/h4-8,10,12-13H,9,11,14H2,1-3H3,(H2,28,29,30)/t21-/m1/s1. The maximum Gasteiger partial charge on any atom is 0.470 e. The maximum absolute atomic E-state index is 12.7. The summed E-state index contributed by atoms with van der Waals surface area (Å²) in [4.78, 5) is 44.2. The zero-order valence-electron chi connectivity index (χ0n) is 19.6. The number of rotatable bonds is 11. The third-order valence-electron chi connectivity index (χ3n) is 5.71. The fraction of sp³-hybridized carbons (Fsp3) is 0.333. The number of phosphoric ester groups is 1. The topological polar surface area (TPSA) is 180 Å². The molecular formula is C21H25N4O9PS. The van der Waals surface area contributed by atoms with E-state index < -0.39 is 40.4 Å². The van der Waals surface area contributed by atoms with Gasteiger partial charge in [-0.3, -0.25) is 14.1 Å². The highest BCUT2D eigenvalue weighted by atomic mass is 32.2. The Morgan fingerprint density at radius 1 is 1.17 bits per heavy atom. The van der Waals surface area contributed by atoms with Crippen molar-refractivity contribution in [1.82, 2.24) is 19.6 Å². The second-order valence-electron chi connectivity index (χ2n) is 8.11. The lowest BCUT2D eigenvalue weighted by atomic mass is 10.0. The smallest absolute Gasteiger partial charge is 0.470 e. The fourth-order valence-corrected chi connectivity index (χ4v) is 4.51. The third-order valence-corrected chi connectivity index (χ3v) is 8.24. The minimum absolute atomic E-state index is 0.129. The molecule has 0 aliphatic heterocycles. The molecule has 13 nitrogen and oxygen atoms in total. The molecule has 0 fully saturated rings. The summed E-state index contributed by atoms with van der Waals surface area (Å²) in [7, 11) is -7.49. The maximum atomic E-state index is 12.7. The van der Waals surface area contributed by atoms with Crippen molar-refractivity contribution in [1.29, 1.82) is 0 Å². The molecule has 1 atom stereocenters. The lowest BCUT2D eigenvalue weighted by Gasteiger charge is -2.26. The number of hydrogen-bond donors (Lipinski definition) is 2. The Bertz CT molecular complexity index is 1460. The van der Waals surface area contributed by atoms with Gasteiger partial charge in [0, 0.05) is 25.1 Å². The van der Waals surface area contributed by atoms with Crippen molar-refractivity contribution in [3.05, 3.63) is 59.1 Å². The molecular weight excluding hydrogens is 515 g/mol. The summed E-state index contributed by atoms with van der Waals surface area (Å²) in [5.41, 5.74) is 1.62. The van der Waals surface area contributed by atoms with Crippen molar-refractivity contribution >= 4 is 23.4 Å². The highest BCUT2D eigenvalue weighted by Gasteiger charge is 2.43. The Kier molecular flexibility index (Phi) is 7.96. The van der Waals surface area contributed by atoms with Gasteiger partial charge in [0.15, 0.2) is 15.6 Å². The molecule has 0 amide bonds. The molecule has 15 heteroatoms. The SMILES string of the molecule is COc1cnn(-c2ccc(-c3ccn(CC[C@](C)(C(=O)COP(=O)(O)O)S(C)(=O)=O)c(=O)c3)cc2)n1. The molecule has 2 heterocycles. The van der Waals surface area contributed by atoms with Gasteiger partial charge in [0.05, 0.1) is 12.8 Å². The van der Waals surface area contributed by atoms with Crippen molar-refractivity contribution in [3.8, 4) is 22.7 Å². The van der Waals surface area contributed by atoms with Crippen molar-refractivity contribution < 1.29 is 36.8 Å². The molecule has 1 aromatic carbocycles. The van der Waals surface area contributed by atoms with Crippen molar-refractivity contribution in [2.24, 2.45) is 0 Å². The van der Waals surface area contributed by atoms with E-state index >= 15 is 0 Å². The molecule has 194 valence electrons. The second-order valence-corrected chi connectivity index (χ2v) is 11.8. The van der Waals surface area contributed by atoms with E-state index in [0.29, 0.717) is 17.1 Å². The zero-order chi connectivity index (χ0) is 26.7. The van der Waals surface area contributed by atoms with Gasteiger partial charge < -0.3 is 19.1 Å². The summed E-state index contributed by atoms with van der Waals surface area (Å²) >= 11 is 0. The number of Topliss-reactive ketones (excluding diaryl/α,β-unsaturated/α-hetero) is 1.